The van der Waals surface area contributed by atoms with Gasteiger partial charge in [0.2, 0.25) is 0 Å². The second-order valence-electron chi connectivity index (χ2n) is 6.27. The summed E-state index contributed by atoms with van der Waals surface area (Å²) >= 11 is 12.1. The Morgan fingerprint density at radius 3 is 2.58 bits per heavy atom. The molecule has 148 valence electrons. The van der Waals surface area contributed by atoms with E-state index in [1.807, 2.05) is 25.2 Å². The number of nitrogens with zero attached hydrogens (tertiary/aromatic N) is 2. The fraction of sp³-hybridized carbons (Fsp3) is 0.611. The van der Waals surface area contributed by atoms with Crippen LogP contribution in [0.1, 0.15) is 25.3 Å². The largest absolute Gasteiger partial charge is 0.381 e. The fourth-order valence-electron chi connectivity index (χ4n) is 2.85. The first-order valence-corrected chi connectivity index (χ1v) is 9.31. The van der Waals surface area contributed by atoms with Crippen LogP contribution in [0.3, 0.4) is 0 Å². The van der Waals surface area contributed by atoms with Crippen LogP contribution in [-0.2, 0) is 16.0 Å². The molecule has 1 N–H and O–H groups in total. The first-order chi connectivity index (χ1) is 12.0. The van der Waals surface area contributed by atoms with Crippen LogP contribution in [0.4, 0.5) is 0 Å². The van der Waals surface area contributed by atoms with Crippen molar-refractivity contribution in [2.45, 2.75) is 31.9 Å². The summed E-state index contributed by atoms with van der Waals surface area (Å²) in [5, 5.41) is 4.47. The van der Waals surface area contributed by atoms with E-state index in [1.54, 1.807) is 7.11 Å². The van der Waals surface area contributed by atoms with Gasteiger partial charge in [-0.25, -0.2) is 0 Å². The van der Waals surface area contributed by atoms with Gasteiger partial charge in [0.1, 0.15) is 0 Å². The van der Waals surface area contributed by atoms with Crippen LogP contribution >= 0.6 is 47.2 Å². The highest BCUT2D eigenvalue weighted by molar-refractivity contribution is 14.0. The lowest BCUT2D eigenvalue weighted by atomic mass is 9.94. The number of ether oxygens (including phenoxy) is 2. The zero-order chi connectivity index (χ0) is 18.3. The molecule has 8 heteroatoms. The second kappa shape index (κ2) is 11.5. The third-order valence-electron chi connectivity index (χ3n) is 4.45. The summed E-state index contributed by atoms with van der Waals surface area (Å²) in [5.41, 5.74) is 0.846. The van der Waals surface area contributed by atoms with Gasteiger partial charge < -0.3 is 19.7 Å². The molecule has 0 bridgehead atoms. The van der Waals surface area contributed by atoms with Crippen molar-refractivity contribution in [1.82, 2.24) is 10.2 Å². The number of benzene rings is 1. The Hall–Kier alpha value is -0.280. The van der Waals surface area contributed by atoms with Crippen molar-refractivity contribution in [3.63, 3.8) is 0 Å². The minimum Gasteiger partial charge on any atom is -0.381 e. The summed E-state index contributed by atoms with van der Waals surface area (Å²) in [6, 6.07) is 5.68. The molecule has 26 heavy (non-hydrogen) atoms. The monoisotopic (exact) mass is 515 g/mol. The molecule has 0 radical (unpaired) electrons. The fourth-order valence-corrected chi connectivity index (χ4v) is 3.17. The van der Waals surface area contributed by atoms with E-state index in [1.165, 1.54) is 0 Å². The van der Waals surface area contributed by atoms with Crippen molar-refractivity contribution < 1.29 is 9.47 Å². The number of aliphatic imine (C=N–C) groups is 1. The topological polar surface area (TPSA) is 46.1 Å². The van der Waals surface area contributed by atoms with Crippen molar-refractivity contribution in [3.05, 3.63) is 33.8 Å². The number of hydrogen-bond donors (Lipinski definition) is 1. The number of halogens is 3. The highest BCUT2D eigenvalue weighted by Crippen LogP contribution is 2.25. The van der Waals surface area contributed by atoms with Crippen molar-refractivity contribution in [2.75, 3.05) is 40.5 Å². The van der Waals surface area contributed by atoms with Gasteiger partial charge in [-0.1, -0.05) is 29.3 Å². The van der Waals surface area contributed by atoms with Crippen molar-refractivity contribution in [3.8, 4) is 0 Å². The lowest BCUT2D eigenvalue weighted by molar-refractivity contribution is -0.0829. The van der Waals surface area contributed by atoms with E-state index in [0.717, 1.165) is 44.1 Å². The van der Waals surface area contributed by atoms with Crippen LogP contribution in [0.2, 0.25) is 10.0 Å². The van der Waals surface area contributed by atoms with Gasteiger partial charge in [-0.05, 0) is 24.6 Å². The Labute approximate surface area is 183 Å². The van der Waals surface area contributed by atoms with Crippen molar-refractivity contribution >= 4 is 53.1 Å². The Morgan fingerprint density at radius 1 is 1.31 bits per heavy atom. The Kier molecular flexibility index (Phi) is 10.5. The minimum atomic E-state index is -0.233. The molecule has 1 aromatic carbocycles. The highest BCUT2D eigenvalue weighted by Gasteiger charge is 2.32. The van der Waals surface area contributed by atoms with E-state index in [9.17, 15) is 0 Å². The first kappa shape index (κ1) is 23.8. The van der Waals surface area contributed by atoms with Crippen molar-refractivity contribution in [1.29, 1.82) is 0 Å². The summed E-state index contributed by atoms with van der Waals surface area (Å²) < 4.78 is 11.2. The number of guanidine groups is 1. The maximum absolute atomic E-state index is 6.11. The van der Waals surface area contributed by atoms with Gasteiger partial charge in [0, 0.05) is 53.3 Å². The lowest BCUT2D eigenvalue weighted by Crippen LogP contribution is -2.44. The summed E-state index contributed by atoms with van der Waals surface area (Å²) in [7, 11) is 3.76. The molecule has 1 heterocycles. The summed E-state index contributed by atoms with van der Waals surface area (Å²) in [4.78, 5) is 6.88. The minimum absolute atomic E-state index is 0. The van der Waals surface area contributed by atoms with Gasteiger partial charge in [-0.15, -0.1) is 24.0 Å². The smallest absolute Gasteiger partial charge is 0.194 e. The van der Waals surface area contributed by atoms with Gasteiger partial charge >= 0.3 is 0 Å². The molecule has 1 fully saturated rings. The van der Waals surface area contributed by atoms with Gasteiger partial charge in [-0.2, -0.15) is 0 Å². The quantitative estimate of drug-likeness (QED) is 0.350. The van der Waals surface area contributed by atoms with E-state index in [4.69, 9.17) is 37.7 Å². The average Bonchev–Trinajstić information content (AvgIpc) is 2.62. The van der Waals surface area contributed by atoms with Gasteiger partial charge in [0.25, 0.3) is 0 Å². The molecule has 0 unspecified atom stereocenters. The zero-order valence-electron chi connectivity index (χ0n) is 15.6. The molecule has 0 atom stereocenters. The standard InChI is InChI=1S/C18H27Cl2N3O2.HI/c1-4-21-17(22-13-18(24-3)7-9-25-10-8-18)23(2)12-14-5-6-15(19)16(20)11-14;/h5-6,11H,4,7-10,12-13H2,1-3H3,(H,21,22);1H. The van der Waals surface area contributed by atoms with Crippen LogP contribution in [0, 0.1) is 0 Å². The van der Waals surface area contributed by atoms with Crippen LogP contribution < -0.4 is 5.32 Å². The summed E-state index contributed by atoms with van der Waals surface area (Å²) in [6.07, 6.45) is 1.73. The predicted molar refractivity (Wildman–Crippen MR) is 119 cm³/mol. The Balaban J connectivity index is 0.00000338. The molecule has 5 nitrogen and oxygen atoms in total. The lowest BCUT2D eigenvalue weighted by Gasteiger charge is -2.35. The number of hydrogen-bond acceptors (Lipinski definition) is 3. The molecule has 0 aromatic heterocycles. The molecule has 1 aliphatic heterocycles. The molecule has 1 saturated heterocycles. The van der Waals surface area contributed by atoms with Gasteiger partial charge in [0.15, 0.2) is 5.96 Å². The van der Waals surface area contributed by atoms with E-state index >= 15 is 0 Å². The SMILES string of the molecule is CCNC(=NCC1(OC)CCOCC1)N(C)Cc1ccc(Cl)c(Cl)c1.I. The zero-order valence-corrected chi connectivity index (χ0v) is 19.4. The molecule has 0 saturated carbocycles. The third kappa shape index (κ3) is 6.71. The molecule has 0 aliphatic carbocycles. The molecule has 0 amide bonds. The first-order valence-electron chi connectivity index (χ1n) is 8.56. The van der Waals surface area contributed by atoms with Crippen molar-refractivity contribution in [2.24, 2.45) is 4.99 Å². The van der Waals surface area contributed by atoms with E-state index < -0.39 is 0 Å². The highest BCUT2D eigenvalue weighted by atomic mass is 127. The molecular weight excluding hydrogens is 488 g/mol. The third-order valence-corrected chi connectivity index (χ3v) is 5.19. The number of rotatable bonds is 6. The molecule has 0 spiro atoms. The number of nitrogens with one attached hydrogen (secondary N) is 1. The van der Waals surface area contributed by atoms with E-state index in [2.05, 4.69) is 17.1 Å². The maximum Gasteiger partial charge on any atom is 0.194 e. The molecule has 1 aromatic rings. The molecule has 1 aliphatic rings. The van der Waals surface area contributed by atoms with E-state index in [0.29, 0.717) is 23.1 Å². The van der Waals surface area contributed by atoms with Crippen LogP contribution in [0.25, 0.3) is 0 Å². The number of methoxy groups -OCH3 is 1. The molecular formula is C18H28Cl2IN3O2. The maximum atomic E-state index is 6.11. The molecule has 2 rings (SSSR count). The van der Waals surface area contributed by atoms with E-state index in [-0.39, 0.29) is 29.6 Å². The summed E-state index contributed by atoms with van der Waals surface area (Å²) in [5.74, 6) is 0.844. The predicted octanol–water partition coefficient (Wildman–Crippen LogP) is 4.20. The van der Waals surface area contributed by atoms with Crippen LogP contribution in [0.5, 0.6) is 0 Å². The average molecular weight is 516 g/mol. The summed E-state index contributed by atoms with van der Waals surface area (Å²) in [6.45, 7) is 5.60. The van der Waals surface area contributed by atoms with Gasteiger partial charge in [-0.3, -0.25) is 4.99 Å². The normalized spacial score (nSPS) is 16.7. The van der Waals surface area contributed by atoms with Gasteiger partial charge in [0.05, 0.1) is 22.2 Å². The van der Waals surface area contributed by atoms with Crippen LogP contribution in [0.15, 0.2) is 23.2 Å². The second-order valence-corrected chi connectivity index (χ2v) is 7.09. The Morgan fingerprint density at radius 2 is 2.00 bits per heavy atom. The van der Waals surface area contributed by atoms with Crippen LogP contribution in [-0.4, -0.2) is 56.9 Å². The Bertz CT molecular complexity index is 596.